The highest BCUT2D eigenvalue weighted by atomic mass is 28.3. The second-order valence-electron chi connectivity index (χ2n) is 2.67. The molecule has 0 saturated heterocycles. The van der Waals surface area contributed by atoms with Crippen molar-refractivity contribution in [3.63, 3.8) is 0 Å². The highest BCUT2D eigenvalue weighted by Crippen LogP contribution is 1.96. The Balaban J connectivity index is 0.000000293. The first-order valence-corrected chi connectivity index (χ1v) is 5.93. The van der Waals surface area contributed by atoms with Crippen LogP contribution in [0.2, 0.25) is 0 Å². The Bertz CT molecular complexity index is 281. The van der Waals surface area contributed by atoms with Crippen molar-refractivity contribution >= 4 is 15.5 Å². The van der Waals surface area contributed by atoms with Gasteiger partial charge in [0.1, 0.15) is 0 Å². The Labute approximate surface area is 96.5 Å². The van der Waals surface area contributed by atoms with Crippen LogP contribution in [0.4, 0.5) is 0 Å². The highest BCUT2D eigenvalue weighted by Gasteiger charge is 2.04. The van der Waals surface area contributed by atoms with Crippen LogP contribution in [0, 0.1) is 0 Å². The molecule has 0 radical (unpaired) electrons. The van der Waals surface area contributed by atoms with Crippen LogP contribution in [0.15, 0.2) is 30.3 Å². The molecule has 0 heterocycles. The largest absolute Gasteiger partial charge is 0.483 e. The van der Waals surface area contributed by atoms with Gasteiger partial charge in [-0.05, 0) is 12.1 Å². The van der Waals surface area contributed by atoms with Crippen LogP contribution >= 0.6 is 0 Å². The second-order valence-corrected chi connectivity index (χ2v) is 4.66. The van der Waals surface area contributed by atoms with Crippen molar-refractivity contribution in [2.75, 3.05) is 21.3 Å². The van der Waals surface area contributed by atoms with Gasteiger partial charge in [0, 0.05) is 21.3 Å². The lowest BCUT2D eigenvalue weighted by Crippen LogP contribution is -2.21. The van der Waals surface area contributed by atoms with E-state index in [1.165, 1.54) is 0 Å². The van der Waals surface area contributed by atoms with E-state index >= 15 is 0 Å². The maximum atomic E-state index is 10.2. The Morgan fingerprint density at radius 3 is 1.69 bits per heavy atom. The molecule has 0 aromatic heterocycles. The lowest BCUT2D eigenvalue weighted by atomic mass is 10.2. The summed E-state index contributed by atoms with van der Waals surface area (Å²) in [7, 11) is 3.05. The normalized spacial score (nSPS) is 9.50. The summed E-state index contributed by atoms with van der Waals surface area (Å²) < 4.78 is 14.2. The predicted octanol–water partition coefficient (Wildman–Crippen LogP) is 1.03. The fraction of sp³-hybridized carbons (Fsp3) is 0.300. The SMILES string of the molecule is CO[SiH](OC)OC.O=C(O)c1ccccc1. The zero-order valence-corrected chi connectivity index (χ0v) is 10.7. The first-order valence-electron chi connectivity index (χ1n) is 4.52. The number of benzene rings is 1. The summed E-state index contributed by atoms with van der Waals surface area (Å²) in [4.78, 5) is 10.2. The van der Waals surface area contributed by atoms with Crippen LogP contribution in [0.3, 0.4) is 0 Å². The molecule has 5 nitrogen and oxygen atoms in total. The Morgan fingerprint density at radius 1 is 1.06 bits per heavy atom. The molecule has 0 saturated carbocycles. The minimum Gasteiger partial charge on any atom is -0.478 e. The molecule has 0 fully saturated rings. The molecule has 6 heteroatoms. The maximum Gasteiger partial charge on any atom is 0.483 e. The number of aromatic carboxylic acids is 1. The molecule has 0 bridgehead atoms. The van der Waals surface area contributed by atoms with Crippen LogP contribution in [0.1, 0.15) is 10.4 Å². The monoisotopic (exact) mass is 244 g/mol. The molecule has 1 aromatic carbocycles. The van der Waals surface area contributed by atoms with Gasteiger partial charge in [-0.3, -0.25) is 0 Å². The van der Waals surface area contributed by atoms with Crippen molar-refractivity contribution in [1.29, 1.82) is 0 Å². The van der Waals surface area contributed by atoms with Crippen LogP contribution in [0.25, 0.3) is 0 Å². The van der Waals surface area contributed by atoms with Crippen molar-refractivity contribution in [2.24, 2.45) is 0 Å². The van der Waals surface area contributed by atoms with Gasteiger partial charge in [0.25, 0.3) is 0 Å². The van der Waals surface area contributed by atoms with Crippen molar-refractivity contribution in [2.45, 2.75) is 0 Å². The Kier molecular flexibility index (Phi) is 8.36. The van der Waals surface area contributed by atoms with Crippen molar-refractivity contribution in [3.05, 3.63) is 35.9 Å². The number of hydrogen-bond acceptors (Lipinski definition) is 4. The van der Waals surface area contributed by atoms with Gasteiger partial charge >= 0.3 is 15.5 Å². The first kappa shape index (κ1) is 14.8. The minimum atomic E-state index is -1.67. The van der Waals surface area contributed by atoms with Gasteiger partial charge in [0.05, 0.1) is 5.56 Å². The van der Waals surface area contributed by atoms with Crippen LogP contribution in [-0.2, 0) is 13.3 Å². The number of carboxylic acids is 1. The molecule has 0 aliphatic carbocycles. The summed E-state index contributed by atoms with van der Waals surface area (Å²) in [6, 6.07) is 8.30. The third kappa shape index (κ3) is 6.30. The van der Waals surface area contributed by atoms with Gasteiger partial charge in [-0.15, -0.1) is 0 Å². The summed E-state index contributed by atoms with van der Waals surface area (Å²) in [6.45, 7) is 0. The first-order chi connectivity index (χ1) is 7.65. The van der Waals surface area contributed by atoms with E-state index < -0.39 is 15.5 Å². The van der Waals surface area contributed by atoms with Crippen molar-refractivity contribution < 1.29 is 23.2 Å². The minimum absolute atomic E-state index is 0.331. The molecule has 1 aromatic rings. The van der Waals surface area contributed by atoms with E-state index in [4.69, 9.17) is 18.4 Å². The fourth-order valence-corrected chi connectivity index (χ4v) is 1.45. The van der Waals surface area contributed by atoms with E-state index in [1.54, 1.807) is 51.7 Å². The third-order valence-corrected chi connectivity index (χ3v) is 2.75. The molecule has 0 spiro atoms. The number of rotatable bonds is 4. The molecular formula is C10H16O5Si. The Morgan fingerprint density at radius 2 is 1.50 bits per heavy atom. The third-order valence-electron chi connectivity index (χ3n) is 1.60. The fourth-order valence-electron chi connectivity index (χ4n) is 0.869. The molecule has 1 rings (SSSR count). The molecule has 0 atom stereocenters. The average molecular weight is 244 g/mol. The predicted molar refractivity (Wildman–Crippen MR) is 61.6 cm³/mol. The van der Waals surface area contributed by atoms with E-state index in [-0.39, 0.29) is 0 Å². The molecule has 16 heavy (non-hydrogen) atoms. The van der Waals surface area contributed by atoms with Gasteiger partial charge in [-0.1, -0.05) is 18.2 Å². The van der Waals surface area contributed by atoms with Gasteiger partial charge < -0.3 is 18.4 Å². The second kappa shape index (κ2) is 9.04. The molecule has 90 valence electrons. The van der Waals surface area contributed by atoms with E-state index in [9.17, 15) is 4.79 Å². The Hall–Kier alpha value is -1.21. The summed E-state index contributed by atoms with van der Waals surface area (Å²) in [5.74, 6) is -0.879. The smallest absolute Gasteiger partial charge is 0.478 e. The molecular weight excluding hydrogens is 228 g/mol. The summed E-state index contributed by atoms with van der Waals surface area (Å²) >= 11 is 0. The molecule has 0 amide bonds. The molecule has 1 N–H and O–H groups in total. The van der Waals surface area contributed by atoms with Gasteiger partial charge in [-0.25, -0.2) is 4.79 Å². The van der Waals surface area contributed by atoms with Crippen LogP contribution in [0.5, 0.6) is 0 Å². The zero-order chi connectivity index (χ0) is 12.4. The lowest BCUT2D eigenvalue weighted by Gasteiger charge is -2.05. The van der Waals surface area contributed by atoms with Crippen LogP contribution < -0.4 is 0 Å². The van der Waals surface area contributed by atoms with Gasteiger partial charge in [0.15, 0.2) is 0 Å². The maximum absolute atomic E-state index is 10.2. The standard InChI is InChI=1S/C7H6O2.C3H10O3Si/c8-7(9)6-4-2-1-3-5-6;1-4-7(5-2)6-3/h1-5H,(H,8,9);7H,1-3H3. The molecule has 0 unspecified atom stereocenters. The lowest BCUT2D eigenvalue weighted by molar-refractivity contribution is 0.0697. The van der Waals surface area contributed by atoms with Crippen molar-refractivity contribution in [3.8, 4) is 0 Å². The average Bonchev–Trinajstić information content (AvgIpc) is 2.33. The highest BCUT2D eigenvalue weighted by molar-refractivity contribution is 6.36. The van der Waals surface area contributed by atoms with Crippen molar-refractivity contribution in [1.82, 2.24) is 0 Å². The quantitative estimate of drug-likeness (QED) is 0.801. The number of carboxylic acid groups (broad SMARTS) is 1. The summed E-state index contributed by atoms with van der Waals surface area (Å²) in [5, 5.41) is 8.38. The van der Waals surface area contributed by atoms with Gasteiger partial charge in [0.2, 0.25) is 0 Å². The van der Waals surface area contributed by atoms with Gasteiger partial charge in [-0.2, -0.15) is 0 Å². The van der Waals surface area contributed by atoms with E-state index in [0.29, 0.717) is 5.56 Å². The summed E-state index contributed by atoms with van der Waals surface area (Å²) in [5.41, 5.74) is 0.331. The molecule has 0 aliphatic rings. The van der Waals surface area contributed by atoms with E-state index in [1.807, 2.05) is 0 Å². The zero-order valence-electron chi connectivity index (χ0n) is 9.54. The molecule has 0 aliphatic heterocycles. The van der Waals surface area contributed by atoms with Crippen LogP contribution in [-0.4, -0.2) is 41.9 Å². The number of hydrogen-bond donors (Lipinski definition) is 1. The van der Waals surface area contributed by atoms with E-state index in [0.717, 1.165) is 0 Å². The van der Waals surface area contributed by atoms with E-state index in [2.05, 4.69) is 0 Å². The number of carbonyl (C=O) groups is 1. The topological polar surface area (TPSA) is 65.0 Å². The summed E-state index contributed by atoms with van der Waals surface area (Å²) in [6.07, 6.45) is 0.